The van der Waals surface area contributed by atoms with E-state index in [9.17, 15) is 4.79 Å². The molecule has 0 aliphatic carbocycles. The molecule has 1 aromatic heterocycles. The quantitative estimate of drug-likeness (QED) is 0.113. The number of carbonyl (C=O) groups excluding carboxylic acids is 1. The number of fused-ring (bicyclic) bond motifs is 3. The van der Waals surface area contributed by atoms with Gasteiger partial charge in [-0.2, -0.15) is 0 Å². The number of Topliss-reactive ketones (excluding diaryl/α,β-unsaturated/α-hetero) is 1. The van der Waals surface area contributed by atoms with E-state index in [1.807, 2.05) is 31.2 Å². The van der Waals surface area contributed by atoms with E-state index in [0.717, 1.165) is 71.5 Å². The number of anilines is 3. The molecule has 0 radical (unpaired) electrons. The zero-order chi connectivity index (χ0) is 29.9. The first-order valence-corrected chi connectivity index (χ1v) is 14.8. The largest absolute Gasteiger partial charge is 0.501 e. The van der Waals surface area contributed by atoms with Gasteiger partial charge in [0.1, 0.15) is 16.9 Å². The fourth-order valence-corrected chi connectivity index (χ4v) is 6.79. The summed E-state index contributed by atoms with van der Waals surface area (Å²) in [5.74, 6) is 0.600. The molecule has 0 fully saturated rings. The van der Waals surface area contributed by atoms with Crippen molar-refractivity contribution in [1.29, 1.82) is 0 Å². The van der Waals surface area contributed by atoms with Crippen molar-refractivity contribution in [1.82, 2.24) is 0 Å². The fourth-order valence-electron chi connectivity index (χ4n) is 6.79. The summed E-state index contributed by atoms with van der Waals surface area (Å²) in [5.41, 5.74) is 6.43. The molecule has 0 aliphatic heterocycles. The van der Waals surface area contributed by atoms with Gasteiger partial charge in [-0.25, -0.2) is 0 Å². The third-order valence-corrected chi connectivity index (χ3v) is 8.80. The number of ether oxygens (including phenoxy) is 1. The van der Waals surface area contributed by atoms with Crippen molar-refractivity contribution in [2.45, 2.75) is 13.8 Å². The summed E-state index contributed by atoms with van der Waals surface area (Å²) >= 11 is 0. The molecule has 0 saturated carbocycles. The second-order valence-corrected chi connectivity index (χ2v) is 11.3. The van der Waals surface area contributed by atoms with E-state index in [0.29, 0.717) is 11.3 Å². The van der Waals surface area contributed by atoms with Crippen molar-refractivity contribution < 1.29 is 13.9 Å². The molecular formula is C40H29NO3. The average molecular weight is 572 g/mol. The number of para-hydroxylation sites is 2. The van der Waals surface area contributed by atoms with Crippen LogP contribution in [-0.2, 0) is 9.53 Å². The molecule has 0 N–H and O–H groups in total. The normalized spacial score (nSPS) is 12.4. The van der Waals surface area contributed by atoms with Gasteiger partial charge in [-0.1, -0.05) is 78.9 Å². The Morgan fingerprint density at radius 2 is 1.27 bits per heavy atom. The van der Waals surface area contributed by atoms with Gasteiger partial charge in [0.15, 0.2) is 5.78 Å². The predicted octanol–water partition coefficient (Wildman–Crippen LogP) is 10.9. The van der Waals surface area contributed by atoms with E-state index in [2.05, 4.69) is 102 Å². The van der Waals surface area contributed by atoms with Gasteiger partial charge in [-0.15, -0.1) is 0 Å². The minimum Gasteiger partial charge on any atom is -0.501 e. The highest BCUT2D eigenvalue weighted by Crippen LogP contribution is 2.46. The van der Waals surface area contributed by atoms with Crippen LogP contribution in [0.4, 0.5) is 17.1 Å². The fraction of sp³-hybridized carbons (Fsp3) is 0.0750. The molecule has 4 heteroatoms. The molecular weight excluding hydrogens is 542 g/mol. The van der Waals surface area contributed by atoms with Crippen molar-refractivity contribution in [3.63, 3.8) is 0 Å². The van der Waals surface area contributed by atoms with Gasteiger partial charge in [0.2, 0.25) is 0 Å². The van der Waals surface area contributed by atoms with Crippen LogP contribution in [0.3, 0.4) is 0 Å². The Labute approximate surface area is 254 Å². The van der Waals surface area contributed by atoms with Gasteiger partial charge in [-0.3, -0.25) is 4.79 Å². The Kier molecular flexibility index (Phi) is 5.92. The van der Waals surface area contributed by atoms with E-state index in [-0.39, 0.29) is 5.78 Å². The van der Waals surface area contributed by atoms with E-state index in [1.165, 1.54) is 5.39 Å². The first kappa shape index (κ1) is 26.1. The Hall–Kier alpha value is -5.61. The smallest absolute Gasteiger partial charge is 0.163 e. The monoisotopic (exact) mass is 571 g/mol. The maximum atomic E-state index is 12.9. The van der Waals surface area contributed by atoms with E-state index >= 15 is 0 Å². The molecule has 212 valence electrons. The van der Waals surface area contributed by atoms with Crippen molar-refractivity contribution >= 4 is 82.7 Å². The third kappa shape index (κ3) is 3.88. The second kappa shape index (κ2) is 9.99. The molecule has 0 atom stereocenters. The van der Waals surface area contributed by atoms with Gasteiger partial charge >= 0.3 is 0 Å². The average Bonchev–Trinajstić information content (AvgIpc) is 3.43. The van der Waals surface area contributed by atoms with Crippen LogP contribution in [0.25, 0.3) is 59.8 Å². The van der Waals surface area contributed by atoms with E-state index in [4.69, 9.17) is 9.15 Å². The number of benzene rings is 7. The molecule has 0 saturated heterocycles. The van der Waals surface area contributed by atoms with E-state index in [1.54, 1.807) is 14.0 Å². The molecule has 44 heavy (non-hydrogen) atoms. The van der Waals surface area contributed by atoms with Gasteiger partial charge in [0.25, 0.3) is 0 Å². The zero-order valence-corrected chi connectivity index (χ0v) is 24.7. The molecule has 8 aromatic rings. The molecule has 4 nitrogen and oxygen atoms in total. The summed E-state index contributed by atoms with van der Waals surface area (Å²) in [6.07, 6.45) is 0. The lowest BCUT2D eigenvalue weighted by molar-refractivity contribution is -0.111. The minimum absolute atomic E-state index is 0.0162. The summed E-state index contributed by atoms with van der Waals surface area (Å²) in [6, 6.07) is 42.4. The molecule has 1 heterocycles. The Balaban J connectivity index is 1.43. The molecule has 0 aliphatic rings. The molecule has 0 bridgehead atoms. The van der Waals surface area contributed by atoms with Crippen LogP contribution >= 0.6 is 0 Å². The van der Waals surface area contributed by atoms with Crippen LogP contribution in [-0.4, -0.2) is 12.9 Å². The highest BCUT2D eigenvalue weighted by molar-refractivity contribution is 6.30. The lowest BCUT2D eigenvalue weighted by Gasteiger charge is -2.28. The highest BCUT2D eigenvalue weighted by Gasteiger charge is 2.22. The topological polar surface area (TPSA) is 42.7 Å². The molecule has 8 rings (SSSR count). The lowest BCUT2D eigenvalue weighted by atomic mass is 9.88. The van der Waals surface area contributed by atoms with Crippen LogP contribution in [0.2, 0.25) is 0 Å². The zero-order valence-electron chi connectivity index (χ0n) is 24.7. The SMILES string of the molecule is CO/C(C)=C(\C(C)=O)c1ccc2ccc3c(N(c4ccccc4)c4ccc5oc6ccccc6c5c4)ccc4ccc1c2c43. The number of hydrogen-bond acceptors (Lipinski definition) is 4. The van der Waals surface area contributed by atoms with Crippen LogP contribution in [0.1, 0.15) is 19.4 Å². The van der Waals surface area contributed by atoms with Gasteiger partial charge in [0.05, 0.1) is 18.4 Å². The Morgan fingerprint density at radius 1 is 0.614 bits per heavy atom. The summed E-state index contributed by atoms with van der Waals surface area (Å²) in [4.78, 5) is 15.2. The molecule has 0 amide bonds. The number of allylic oxidation sites excluding steroid dienone is 2. The number of rotatable bonds is 6. The van der Waals surface area contributed by atoms with Crippen molar-refractivity contribution in [3.05, 3.63) is 133 Å². The first-order chi connectivity index (χ1) is 21.5. The summed E-state index contributed by atoms with van der Waals surface area (Å²) in [7, 11) is 1.61. The maximum absolute atomic E-state index is 12.9. The van der Waals surface area contributed by atoms with Crippen LogP contribution in [0.5, 0.6) is 0 Å². The van der Waals surface area contributed by atoms with Crippen molar-refractivity contribution in [2.24, 2.45) is 0 Å². The predicted molar refractivity (Wildman–Crippen MR) is 182 cm³/mol. The summed E-state index contributed by atoms with van der Waals surface area (Å²) in [5, 5.41) is 8.96. The van der Waals surface area contributed by atoms with Crippen LogP contribution < -0.4 is 4.90 Å². The number of nitrogens with zero attached hydrogens (tertiary/aromatic N) is 1. The molecule has 0 unspecified atom stereocenters. The van der Waals surface area contributed by atoms with Crippen molar-refractivity contribution in [2.75, 3.05) is 12.0 Å². The Bertz CT molecular complexity index is 2420. The number of furan rings is 1. The first-order valence-electron chi connectivity index (χ1n) is 14.8. The Morgan fingerprint density at radius 3 is 2.05 bits per heavy atom. The summed E-state index contributed by atoms with van der Waals surface area (Å²) < 4.78 is 11.7. The number of carbonyl (C=O) groups is 1. The van der Waals surface area contributed by atoms with Crippen molar-refractivity contribution in [3.8, 4) is 0 Å². The molecule has 0 spiro atoms. The third-order valence-electron chi connectivity index (χ3n) is 8.80. The van der Waals surface area contributed by atoms with Crippen LogP contribution in [0, 0.1) is 0 Å². The lowest BCUT2D eigenvalue weighted by Crippen LogP contribution is -2.10. The summed E-state index contributed by atoms with van der Waals surface area (Å²) in [6.45, 7) is 3.45. The highest BCUT2D eigenvalue weighted by atomic mass is 16.5. The van der Waals surface area contributed by atoms with Gasteiger partial charge in [0, 0.05) is 27.5 Å². The standard InChI is InChI=1S/C40H29NO3/c1-24(42)38(25(2)43-3)31-18-13-26-15-20-33-35(21-16-27-14-19-32(31)39(26)40(27)33)41(28-9-5-4-6-10-28)29-17-22-37-34(23-29)30-11-7-8-12-36(30)44-37/h4-23H,1-3H3/b38-25+. The number of methoxy groups -OCH3 is 1. The minimum atomic E-state index is -0.0162. The molecule has 7 aromatic carbocycles. The second-order valence-electron chi connectivity index (χ2n) is 11.3. The number of hydrogen-bond donors (Lipinski definition) is 0. The van der Waals surface area contributed by atoms with E-state index < -0.39 is 0 Å². The van der Waals surface area contributed by atoms with Gasteiger partial charge < -0.3 is 14.1 Å². The number of ketones is 1. The van der Waals surface area contributed by atoms with Crippen LogP contribution in [0.15, 0.2) is 132 Å². The van der Waals surface area contributed by atoms with Gasteiger partial charge in [-0.05, 0) is 88.8 Å². The maximum Gasteiger partial charge on any atom is 0.163 e.